The van der Waals surface area contributed by atoms with E-state index in [4.69, 9.17) is 0 Å². The fraction of sp³-hybridized carbons (Fsp3) is 0.536. The van der Waals surface area contributed by atoms with E-state index in [0.29, 0.717) is 6.07 Å². The van der Waals surface area contributed by atoms with Crippen molar-refractivity contribution in [2.24, 2.45) is 5.92 Å². The van der Waals surface area contributed by atoms with Crippen molar-refractivity contribution in [2.45, 2.75) is 72.2 Å². The molecule has 0 saturated carbocycles. The van der Waals surface area contributed by atoms with Crippen molar-refractivity contribution < 1.29 is 56.8 Å². The van der Waals surface area contributed by atoms with Gasteiger partial charge in [0.2, 0.25) is 5.91 Å². The molecule has 3 aliphatic rings. The Morgan fingerprint density at radius 1 is 0.909 bits per heavy atom. The van der Waals surface area contributed by atoms with Gasteiger partial charge in [0.1, 0.15) is 20.4 Å². The molecule has 0 unspecified atom stereocenters. The highest BCUT2D eigenvalue weighted by Crippen LogP contribution is 2.56. The van der Waals surface area contributed by atoms with Crippen LogP contribution in [0.1, 0.15) is 48.8 Å². The van der Waals surface area contributed by atoms with Gasteiger partial charge in [-0.3, -0.25) is 4.79 Å². The van der Waals surface area contributed by atoms with E-state index in [0.717, 1.165) is 30.3 Å². The van der Waals surface area contributed by atoms with E-state index in [1.54, 1.807) is 0 Å². The number of fused-ring (bicyclic) bond motifs is 3. The number of carbonyl (C=O) groups is 1. The largest absolute Gasteiger partial charge is 0.435 e. The van der Waals surface area contributed by atoms with Gasteiger partial charge in [0.05, 0.1) is 22.4 Å². The van der Waals surface area contributed by atoms with E-state index in [2.05, 4.69) is 0 Å². The first-order valence-corrected chi connectivity index (χ1v) is 17.0. The summed E-state index contributed by atoms with van der Waals surface area (Å²) in [4.78, 5) is 14.5. The van der Waals surface area contributed by atoms with Gasteiger partial charge in [0.25, 0.3) is 0 Å². The molecule has 1 aliphatic carbocycles. The van der Waals surface area contributed by atoms with Gasteiger partial charge < -0.3 is 4.90 Å². The van der Waals surface area contributed by atoms with Crippen LogP contribution in [0.2, 0.25) is 0 Å². The van der Waals surface area contributed by atoms with Crippen molar-refractivity contribution in [3.8, 4) is 0 Å². The Bertz CT molecular complexity index is 1640. The molecule has 2 fully saturated rings. The molecule has 0 aromatic heterocycles. The maximum absolute atomic E-state index is 15.0. The highest BCUT2D eigenvalue weighted by molar-refractivity contribution is 7.92. The number of nitrogens with zero attached hydrogens (tertiary/aromatic N) is 1. The van der Waals surface area contributed by atoms with Crippen LogP contribution in [0, 0.1) is 11.7 Å². The first-order chi connectivity index (χ1) is 20.2. The molecule has 2 aromatic carbocycles. The average Bonchev–Trinajstić information content (AvgIpc) is 3.34. The van der Waals surface area contributed by atoms with Crippen molar-refractivity contribution in [1.29, 1.82) is 0 Å². The second-order valence-corrected chi connectivity index (χ2v) is 16.1. The van der Waals surface area contributed by atoms with Gasteiger partial charge in [0, 0.05) is 18.5 Å². The van der Waals surface area contributed by atoms with Crippen LogP contribution in [-0.4, -0.2) is 64.1 Å². The fourth-order valence-corrected chi connectivity index (χ4v) is 10.8. The van der Waals surface area contributed by atoms with Gasteiger partial charge in [-0.25, -0.2) is 25.6 Å². The Labute approximate surface area is 248 Å². The second kappa shape index (κ2) is 10.7. The summed E-state index contributed by atoms with van der Waals surface area (Å²) in [7, 11) is -7.81. The quantitative estimate of drug-likeness (QED) is 0.307. The average molecular weight is 674 g/mol. The van der Waals surface area contributed by atoms with Crippen LogP contribution in [0.15, 0.2) is 47.4 Å². The maximum Gasteiger partial charge on any atom is 0.435 e. The number of alkyl halides is 7. The lowest BCUT2D eigenvalue weighted by Gasteiger charge is -2.43. The topological polar surface area (TPSA) is 88.6 Å². The summed E-state index contributed by atoms with van der Waals surface area (Å²) in [5.74, 6) is -1.70. The lowest BCUT2D eigenvalue weighted by Crippen LogP contribution is -2.53. The standard InChI is InChI=1S/C28H27F8NO5S2/c29-20-3-5-21(6-4-20)44(41,42)25-11-12-37(24(38)15-17-9-13-43(39,40)14-10-17)23(25)8-1-18-16-19(2-7-22(18)25)26(30,27(31,32)33)28(34,35)36/h2-7,16-17,23H,1,8-15H2/t23-,25-/m0/s1. The molecular weight excluding hydrogens is 646 g/mol. The van der Waals surface area contributed by atoms with Crippen LogP contribution < -0.4 is 0 Å². The molecular formula is C28H27F8NO5S2. The molecule has 2 saturated heterocycles. The van der Waals surface area contributed by atoms with Gasteiger partial charge in [-0.05, 0) is 73.4 Å². The highest BCUT2D eigenvalue weighted by atomic mass is 32.2. The fourth-order valence-electron chi connectivity index (χ4n) is 6.86. The molecule has 44 heavy (non-hydrogen) atoms. The predicted octanol–water partition coefficient (Wildman–Crippen LogP) is 5.55. The molecule has 0 N–H and O–H groups in total. The van der Waals surface area contributed by atoms with Crippen LogP contribution in [0.3, 0.4) is 0 Å². The van der Waals surface area contributed by atoms with Crippen molar-refractivity contribution >= 4 is 25.6 Å². The molecule has 5 rings (SSSR count). The number of carbonyl (C=O) groups excluding carboxylic acids is 1. The van der Waals surface area contributed by atoms with Gasteiger partial charge in [-0.15, -0.1) is 0 Å². The second-order valence-electron chi connectivity index (χ2n) is 11.6. The number of benzene rings is 2. The summed E-state index contributed by atoms with van der Waals surface area (Å²) >= 11 is 0. The number of halogens is 8. The van der Waals surface area contributed by atoms with Crippen LogP contribution in [0.25, 0.3) is 0 Å². The Hall–Kier alpha value is -2.75. The summed E-state index contributed by atoms with van der Waals surface area (Å²) in [6.07, 6.45) is -13.1. The molecule has 2 heterocycles. The van der Waals surface area contributed by atoms with Gasteiger partial charge in [-0.1, -0.05) is 18.2 Å². The third kappa shape index (κ3) is 5.09. The van der Waals surface area contributed by atoms with E-state index in [9.17, 15) is 56.8 Å². The number of aryl methyl sites for hydroxylation is 1. The van der Waals surface area contributed by atoms with Gasteiger partial charge >= 0.3 is 18.0 Å². The third-order valence-electron chi connectivity index (χ3n) is 9.13. The summed E-state index contributed by atoms with van der Waals surface area (Å²) in [5, 5.41) is 0. The zero-order valence-electron chi connectivity index (χ0n) is 22.9. The van der Waals surface area contributed by atoms with Crippen molar-refractivity contribution in [3.05, 3.63) is 65.0 Å². The predicted molar refractivity (Wildman–Crippen MR) is 141 cm³/mol. The van der Waals surface area contributed by atoms with Crippen molar-refractivity contribution in [3.63, 3.8) is 0 Å². The zero-order chi connectivity index (χ0) is 32.5. The Morgan fingerprint density at radius 3 is 2.07 bits per heavy atom. The molecule has 1 amide bonds. The first-order valence-electron chi connectivity index (χ1n) is 13.7. The monoisotopic (exact) mass is 673 g/mol. The molecule has 2 atom stereocenters. The van der Waals surface area contributed by atoms with E-state index in [-0.39, 0.29) is 84.6 Å². The summed E-state index contributed by atoms with van der Waals surface area (Å²) in [6.45, 7) is -0.131. The number of sulfone groups is 2. The minimum atomic E-state index is -6.37. The molecule has 0 radical (unpaired) electrons. The normalized spacial score (nSPS) is 24.5. The molecule has 0 spiro atoms. The molecule has 6 nitrogen and oxygen atoms in total. The van der Waals surface area contributed by atoms with Gasteiger partial charge in [-0.2, -0.15) is 26.3 Å². The molecule has 0 bridgehead atoms. The van der Waals surface area contributed by atoms with Crippen LogP contribution in [0.4, 0.5) is 35.1 Å². The van der Waals surface area contributed by atoms with E-state index < -0.39 is 65.8 Å². The lowest BCUT2D eigenvalue weighted by molar-refractivity contribution is -0.348. The number of rotatable bonds is 5. The zero-order valence-corrected chi connectivity index (χ0v) is 24.5. The SMILES string of the molecule is O=C(CC1CCS(=O)(=O)CC1)N1CC[C@]2(S(=O)(=O)c3ccc(F)cc3)c3ccc(C(F)(C(F)(F)F)C(F)(F)F)cc3CC[C@H]12. The summed E-state index contributed by atoms with van der Waals surface area (Å²) in [5.41, 5.74) is -7.87. The van der Waals surface area contributed by atoms with Crippen molar-refractivity contribution in [1.82, 2.24) is 4.90 Å². The highest BCUT2D eigenvalue weighted by Gasteiger charge is 2.74. The lowest BCUT2D eigenvalue weighted by atomic mass is 9.76. The van der Waals surface area contributed by atoms with E-state index >= 15 is 0 Å². The maximum atomic E-state index is 15.0. The smallest absolute Gasteiger partial charge is 0.338 e. The van der Waals surface area contributed by atoms with Crippen LogP contribution in [-0.2, 0) is 41.3 Å². The van der Waals surface area contributed by atoms with Gasteiger partial charge in [0.15, 0.2) is 9.84 Å². The first kappa shape index (κ1) is 32.6. The van der Waals surface area contributed by atoms with E-state index in [1.807, 2.05) is 0 Å². The molecule has 2 aromatic rings. The summed E-state index contributed by atoms with van der Waals surface area (Å²) in [6, 6.07) is 4.03. The number of hydrogen-bond acceptors (Lipinski definition) is 5. The van der Waals surface area contributed by atoms with Crippen molar-refractivity contribution in [2.75, 3.05) is 18.1 Å². The van der Waals surface area contributed by atoms with E-state index in [1.165, 1.54) is 4.90 Å². The molecule has 242 valence electrons. The van der Waals surface area contributed by atoms with Crippen LogP contribution >= 0.6 is 0 Å². The number of likely N-dealkylation sites (tertiary alicyclic amines) is 1. The summed E-state index contributed by atoms with van der Waals surface area (Å²) < 4.78 is 160. The Kier molecular flexibility index (Phi) is 7.91. The number of amides is 1. The molecule has 16 heteroatoms. The third-order valence-corrected chi connectivity index (χ3v) is 13.4. The Morgan fingerprint density at radius 2 is 1.50 bits per heavy atom. The minimum absolute atomic E-state index is 0.0774. The molecule has 2 aliphatic heterocycles. The Balaban J connectivity index is 1.60. The van der Waals surface area contributed by atoms with Crippen LogP contribution in [0.5, 0.6) is 0 Å². The number of hydrogen-bond donors (Lipinski definition) is 0. The minimum Gasteiger partial charge on any atom is -0.338 e.